The SMILES string of the molecule is CS(=O)(=O)N=C(c1ccccc1)c1ccccc1. The summed E-state index contributed by atoms with van der Waals surface area (Å²) >= 11 is 0. The summed E-state index contributed by atoms with van der Waals surface area (Å²) < 4.78 is 26.6. The van der Waals surface area contributed by atoms with Crippen molar-refractivity contribution in [2.24, 2.45) is 4.40 Å². The van der Waals surface area contributed by atoms with Crippen LogP contribution >= 0.6 is 0 Å². The molecule has 18 heavy (non-hydrogen) atoms. The van der Waals surface area contributed by atoms with Gasteiger partial charge < -0.3 is 0 Å². The lowest BCUT2D eigenvalue weighted by Gasteiger charge is -2.06. The predicted molar refractivity (Wildman–Crippen MR) is 73.4 cm³/mol. The summed E-state index contributed by atoms with van der Waals surface area (Å²) in [4.78, 5) is 0. The Labute approximate surface area is 107 Å². The molecule has 0 saturated carbocycles. The molecule has 2 rings (SSSR count). The van der Waals surface area contributed by atoms with E-state index in [0.29, 0.717) is 5.71 Å². The van der Waals surface area contributed by atoms with Crippen molar-refractivity contribution in [1.29, 1.82) is 0 Å². The first-order valence-corrected chi connectivity index (χ1v) is 7.32. The molecule has 0 N–H and O–H groups in total. The van der Waals surface area contributed by atoms with Crippen LogP contribution in [0.25, 0.3) is 0 Å². The molecule has 0 saturated heterocycles. The van der Waals surface area contributed by atoms with Crippen LogP contribution in [0.2, 0.25) is 0 Å². The second-order valence-electron chi connectivity index (χ2n) is 3.90. The van der Waals surface area contributed by atoms with Crippen LogP contribution < -0.4 is 0 Å². The Balaban J connectivity index is 2.60. The van der Waals surface area contributed by atoms with Crippen LogP contribution in [0.4, 0.5) is 0 Å². The molecule has 0 atom stereocenters. The lowest BCUT2D eigenvalue weighted by molar-refractivity contribution is 0.604. The molecule has 2 aromatic rings. The average molecular weight is 259 g/mol. The van der Waals surface area contributed by atoms with Gasteiger partial charge in [0.1, 0.15) is 0 Å². The Hall–Kier alpha value is -1.94. The van der Waals surface area contributed by atoms with Gasteiger partial charge in [-0.15, -0.1) is 0 Å². The average Bonchev–Trinajstić information content (AvgIpc) is 2.37. The molecule has 0 aliphatic heterocycles. The predicted octanol–water partition coefficient (Wildman–Crippen LogP) is 2.48. The zero-order chi connectivity index (χ0) is 13.0. The molecule has 0 aliphatic carbocycles. The van der Waals surface area contributed by atoms with Crippen molar-refractivity contribution in [3.05, 3.63) is 71.8 Å². The lowest BCUT2D eigenvalue weighted by atomic mass is 10.0. The van der Waals surface area contributed by atoms with Crippen LogP contribution in [-0.4, -0.2) is 20.4 Å². The first-order chi connectivity index (χ1) is 8.56. The van der Waals surface area contributed by atoms with Crippen molar-refractivity contribution in [2.45, 2.75) is 0 Å². The van der Waals surface area contributed by atoms with Gasteiger partial charge in [-0.25, -0.2) is 8.42 Å². The first kappa shape index (κ1) is 12.5. The molecular formula is C14H13NO2S. The van der Waals surface area contributed by atoms with Crippen LogP contribution in [-0.2, 0) is 10.0 Å². The molecule has 0 fully saturated rings. The molecule has 0 bridgehead atoms. The van der Waals surface area contributed by atoms with Crippen LogP contribution in [0, 0.1) is 0 Å². The number of sulfonamides is 1. The quantitative estimate of drug-likeness (QED) is 0.795. The third kappa shape index (κ3) is 3.28. The molecular weight excluding hydrogens is 246 g/mol. The summed E-state index contributed by atoms with van der Waals surface area (Å²) in [6.07, 6.45) is 1.10. The summed E-state index contributed by atoms with van der Waals surface area (Å²) in [5.74, 6) is 0. The van der Waals surface area contributed by atoms with Gasteiger partial charge in [0.2, 0.25) is 0 Å². The van der Waals surface area contributed by atoms with Crippen molar-refractivity contribution < 1.29 is 8.42 Å². The number of benzene rings is 2. The van der Waals surface area contributed by atoms with Gasteiger partial charge >= 0.3 is 0 Å². The molecule has 2 aromatic carbocycles. The summed E-state index contributed by atoms with van der Waals surface area (Å²) in [5, 5.41) is 0. The van der Waals surface area contributed by atoms with E-state index in [1.165, 1.54) is 0 Å². The van der Waals surface area contributed by atoms with Crippen LogP contribution in [0.15, 0.2) is 65.1 Å². The van der Waals surface area contributed by atoms with Crippen molar-refractivity contribution in [3.63, 3.8) is 0 Å². The monoisotopic (exact) mass is 259 g/mol. The highest BCUT2D eigenvalue weighted by atomic mass is 32.2. The van der Waals surface area contributed by atoms with Gasteiger partial charge in [0.05, 0.1) is 12.0 Å². The first-order valence-electron chi connectivity index (χ1n) is 5.47. The van der Waals surface area contributed by atoms with Crippen LogP contribution in [0.5, 0.6) is 0 Å². The number of hydrogen-bond donors (Lipinski definition) is 0. The Morgan fingerprint density at radius 2 is 1.22 bits per heavy atom. The Bertz CT molecular complexity index is 605. The van der Waals surface area contributed by atoms with Gasteiger partial charge in [-0.2, -0.15) is 4.40 Å². The lowest BCUT2D eigenvalue weighted by Crippen LogP contribution is -2.06. The van der Waals surface area contributed by atoms with Gasteiger partial charge in [0, 0.05) is 11.1 Å². The van der Waals surface area contributed by atoms with E-state index in [-0.39, 0.29) is 0 Å². The van der Waals surface area contributed by atoms with Gasteiger partial charge in [-0.05, 0) is 0 Å². The van der Waals surface area contributed by atoms with Gasteiger partial charge in [0.25, 0.3) is 10.0 Å². The maximum Gasteiger partial charge on any atom is 0.250 e. The van der Waals surface area contributed by atoms with Crippen molar-refractivity contribution >= 4 is 15.7 Å². The number of rotatable bonds is 3. The van der Waals surface area contributed by atoms with E-state index >= 15 is 0 Å². The normalized spacial score (nSPS) is 10.9. The number of hydrogen-bond acceptors (Lipinski definition) is 2. The van der Waals surface area contributed by atoms with E-state index < -0.39 is 10.0 Å². The second kappa shape index (κ2) is 5.14. The molecule has 92 valence electrons. The summed E-state index contributed by atoms with van der Waals surface area (Å²) in [5.41, 5.74) is 2.04. The Kier molecular flexibility index (Phi) is 3.58. The third-order valence-corrected chi connectivity index (χ3v) is 2.87. The largest absolute Gasteiger partial charge is 0.250 e. The molecule has 0 aromatic heterocycles. The minimum Gasteiger partial charge on any atom is -0.205 e. The van der Waals surface area contributed by atoms with E-state index in [9.17, 15) is 8.42 Å². The van der Waals surface area contributed by atoms with E-state index in [0.717, 1.165) is 17.4 Å². The van der Waals surface area contributed by atoms with E-state index in [2.05, 4.69) is 4.40 Å². The zero-order valence-electron chi connectivity index (χ0n) is 9.95. The highest BCUT2D eigenvalue weighted by Crippen LogP contribution is 2.12. The highest BCUT2D eigenvalue weighted by molar-refractivity contribution is 7.89. The number of nitrogens with zero attached hydrogens (tertiary/aromatic N) is 1. The standard InChI is InChI=1S/C14H13NO2S/c1-18(16,17)15-14(12-8-4-2-5-9-12)13-10-6-3-7-11-13/h2-11H,1H3. The van der Waals surface area contributed by atoms with Crippen molar-refractivity contribution in [3.8, 4) is 0 Å². The maximum absolute atomic E-state index is 11.4. The van der Waals surface area contributed by atoms with Crippen molar-refractivity contribution in [2.75, 3.05) is 6.26 Å². The second-order valence-corrected chi connectivity index (χ2v) is 5.55. The fourth-order valence-electron chi connectivity index (χ4n) is 1.63. The maximum atomic E-state index is 11.4. The molecule has 3 nitrogen and oxygen atoms in total. The Morgan fingerprint density at radius 1 is 0.833 bits per heavy atom. The smallest absolute Gasteiger partial charge is 0.205 e. The molecule has 0 spiro atoms. The van der Waals surface area contributed by atoms with E-state index in [4.69, 9.17) is 0 Å². The molecule has 0 amide bonds. The van der Waals surface area contributed by atoms with Gasteiger partial charge in [-0.3, -0.25) is 0 Å². The molecule has 4 heteroatoms. The molecule has 0 aliphatic rings. The zero-order valence-corrected chi connectivity index (χ0v) is 10.8. The third-order valence-electron chi connectivity index (χ3n) is 2.35. The fraction of sp³-hybridized carbons (Fsp3) is 0.0714. The molecule has 0 unspecified atom stereocenters. The molecule has 0 radical (unpaired) electrons. The van der Waals surface area contributed by atoms with Crippen LogP contribution in [0.3, 0.4) is 0 Å². The molecule has 0 heterocycles. The summed E-state index contributed by atoms with van der Waals surface area (Å²) in [6, 6.07) is 18.6. The van der Waals surface area contributed by atoms with E-state index in [1.54, 1.807) is 0 Å². The van der Waals surface area contributed by atoms with E-state index in [1.807, 2.05) is 60.7 Å². The topological polar surface area (TPSA) is 46.5 Å². The van der Waals surface area contributed by atoms with Gasteiger partial charge in [-0.1, -0.05) is 60.7 Å². The Morgan fingerprint density at radius 3 is 1.56 bits per heavy atom. The minimum atomic E-state index is -3.43. The highest BCUT2D eigenvalue weighted by Gasteiger charge is 2.09. The minimum absolute atomic E-state index is 0.471. The van der Waals surface area contributed by atoms with Gasteiger partial charge in [0.15, 0.2) is 0 Å². The summed E-state index contributed by atoms with van der Waals surface area (Å²) in [7, 11) is -3.43. The summed E-state index contributed by atoms with van der Waals surface area (Å²) in [6.45, 7) is 0. The van der Waals surface area contributed by atoms with Crippen LogP contribution in [0.1, 0.15) is 11.1 Å². The fourth-order valence-corrected chi connectivity index (χ4v) is 2.17. The van der Waals surface area contributed by atoms with Crippen molar-refractivity contribution in [1.82, 2.24) is 0 Å².